The summed E-state index contributed by atoms with van der Waals surface area (Å²) in [4.78, 5) is 15.0. The van der Waals surface area contributed by atoms with Crippen LogP contribution in [-0.4, -0.2) is 31.6 Å². The first kappa shape index (κ1) is 18.9. The van der Waals surface area contributed by atoms with Gasteiger partial charge in [0, 0.05) is 10.6 Å². The van der Waals surface area contributed by atoms with Crippen LogP contribution in [0.15, 0.2) is 60.0 Å². The third-order valence-corrected chi connectivity index (χ3v) is 5.81. The van der Waals surface area contributed by atoms with E-state index in [0.29, 0.717) is 10.2 Å². The Labute approximate surface area is 169 Å². The number of thioether (sulfide) groups is 1. The second-order valence-electron chi connectivity index (χ2n) is 6.30. The summed E-state index contributed by atoms with van der Waals surface area (Å²) in [6.07, 6.45) is 1.03. The smallest absolute Gasteiger partial charge is 0.313 e. The zero-order valence-electron chi connectivity index (χ0n) is 14.5. The second-order valence-corrected chi connectivity index (χ2v) is 7.65. The summed E-state index contributed by atoms with van der Waals surface area (Å²) in [5.74, 6) is -1.41. The Balaban J connectivity index is 1.68. The average molecular weight is 420 g/mol. The molecule has 6 nitrogen and oxygen atoms in total. The van der Waals surface area contributed by atoms with Gasteiger partial charge >= 0.3 is 5.97 Å². The Hall–Kier alpha value is -2.42. The molecule has 2 heterocycles. The van der Waals surface area contributed by atoms with E-state index in [4.69, 9.17) is 21.4 Å². The lowest BCUT2D eigenvalue weighted by Gasteiger charge is -2.15. The first-order valence-corrected chi connectivity index (χ1v) is 9.76. The predicted octanol–water partition coefficient (Wildman–Crippen LogP) is 3.91. The first-order valence-electron chi connectivity index (χ1n) is 8.40. The summed E-state index contributed by atoms with van der Waals surface area (Å²) in [7, 11) is 0. The molecule has 1 aliphatic heterocycles. The van der Waals surface area contributed by atoms with Gasteiger partial charge in [-0.25, -0.2) is 14.1 Å². The molecule has 2 aromatic carbocycles. The normalized spacial score (nSPS) is 20.9. The van der Waals surface area contributed by atoms with Gasteiger partial charge in [0.25, 0.3) is 0 Å². The lowest BCUT2D eigenvalue weighted by molar-refractivity contribution is -0.133. The maximum absolute atomic E-state index is 13.4. The van der Waals surface area contributed by atoms with E-state index in [-0.39, 0.29) is 24.2 Å². The molecular weight excluding hydrogens is 405 g/mol. The zero-order chi connectivity index (χ0) is 19.7. The number of epoxide rings is 1. The van der Waals surface area contributed by atoms with Gasteiger partial charge in [-0.3, -0.25) is 4.79 Å². The largest absolute Gasteiger partial charge is 0.481 e. The van der Waals surface area contributed by atoms with Crippen molar-refractivity contribution < 1.29 is 19.0 Å². The molecular formula is C19H15ClFN3O3S. The summed E-state index contributed by atoms with van der Waals surface area (Å²) in [5.41, 5.74) is 0.808. The minimum absolute atomic E-state index is 0.128. The lowest BCUT2D eigenvalue weighted by atomic mass is 9.91. The van der Waals surface area contributed by atoms with Gasteiger partial charge in [0.15, 0.2) is 5.16 Å². The highest BCUT2D eigenvalue weighted by atomic mass is 35.5. The third kappa shape index (κ3) is 3.63. The van der Waals surface area contributed by atoms with E-state index >= 15 is 0 Å². The number of halogens is 2. The van der Waals surface area contributed by atoms with Crippen molar-refractivity contribution in [2.24, 2.45) is 0 Å². The molecule has 144 valence electrons. The van der Waals surface area contributed by atoms with Gasteiger partial charge in [0.1, 0.15) is 23.8 Å². The van der Waals surface area contributed by atoms with Crippen LogP contribution in [0.5, 0.6) is 0 Å². The Morgan fingerprint density at radius 2 is 2.04 bits per heavy atom. The number of hydrogen-bond acceptors (Lipinski definition) is 5. The predicted molar refractivity (Wildman–Crippen MR) is 102 cm³/mol. The summed E-state index contributed by atoms with van der Waals surface area (Å²) in [6, 6.07) is 13.5. The highest BCUT2D eigenvalue weighted by Crippen LogP contribution is 2.59. The van der Waals surface area contributed by atoms with Crippen molar-refractivity contribution in [1.29, 1.82) is 0 Å². The molecule has 9 heteroatoms. The molecule has 0 bridgehead atoms. The van der Waals surface area contributed by atoms with E-state index in [0.717, 1.165) is 22.9 Å². The number of aliphatic carboxylic acids is 1. The minimum atomic E-state index is -0.940. The number of carboxylic acids is 1. The molecule has 28 heavy (non-hydrogen) atoms. The van der Waals surface area contributed by atoms with Crippen LogP contribution in [-0.2, 0) is 21.7 Å². The summed E-state index contributed by atoms with van der Waals surface area (Å²) >= 11 is 7.43. The van der Waals surface area contributed by atoms with Crippen molar-refractivity contribution in [1.82, 2.24) is 14.8 Å². The van der Waals surface area contributed by atoms with E-state index in [1.165, 1.54) is 18.5 Å². The number of aromatic nitrogens is 3. The SMILES string of the molecule is O=C(O)CSc1ncnn1CC1(c2ccc(F)cc2)OC1c1ccccc1Cl. The highest BCUT2D eigenvalue weighted by molar-refractivity contribution is 7.99. The molecule has 0 saturated carbocycles. The molecule has 1 N–H and O–H groups in total. The van der Waals surface area contributed by atoms with Crippen LogP contribution in [0.3, 0.4) is 0 Å². The number of hydrogen-bond donors (Lipinski definition) is 1. The van der Waals surface area contributed by atoms with E-state index in [9.17, 15) is 9.18 Å². The van der Waals surface area contributed by atoms with Crippen LogP contribution in [0.4, 0.5) is 4.39 Å². The molecule has 2 atom stereocenters. The topological polar surface area (TPSA) is 80.5 Å². The summed E-state index contributed by atoms with van der Waals surface area (Å²) in [6.45, 7) is 0.288. The molecule has 1 aliphatic rings. The zero-order valence-corrected chi connectivity index (χ0v) is 16.0. The van der Waals surface area contributed by atoms with Crippen LogP contribution < -0.4 is 0 Å². The maximum atomic E-state index is 13.4. The Morgan fingerprint density at radius 3 is 2.75 bits per heavy atom. The molecule has 4 rings (SSSR count). The molecule has 1 fully saturated rings. The van der Waals surface area contributed by atoms with E-state index in [2.05, 4.69) is 10.1 Å². The van der Waals surface area contributed by atoms with E-state index in [1.807, 2.05) is 18.2 Å². The van der Waals surface area contributed by atoms with E-state index < -0.39 is 11.6 Å². The average Bonchev–Trinajstić information content (AvgIpc) is 3.22. The Kier molecular flexibility index (Phi) is 5.09. The van der Waals surface area contributed by atoms with Crippen LogP contribution in [0.1, 0.15) is 17.2 Å². The number of carbonyl (C=O) groups is 1. The van der Waals surface area contributed by atoms with Gasteiger partial charge in [0.05, 0.1) is 12.3 Å². The van der Waals surface area contributed by atoms with Gasteiger partial charge in [-0.2, -0.15) is 5.10 Å². The minimum Gasteiger partial charge on any atom is -0.481 e. The van der Waals surface area contributed by atoms with Crippen molar-refractivity contribution >= 4 is 29.3 Å². The van der Waals surface area contributed by atoms with Gasteiger partial charge < -0.3 is 9.84 Å². The van der Waals surface area contributed by atoms with Crippen LogP contribution >= 0.6 is 23.4 Å². The highest BCUT2D eigenvalue weighted by Gasteiger charge is 2.59. The van der Waals surface area contributed by atoms with Gasteiger partial charge in [-0.15, -0.1) is 0 Å². The molecule has 0 aliphatic carbocycles. The van der Waals surface area contributed by atoms with Crippen LogP contribution in [0.2, 0.25) is 5.02 Å². The Morgan fingerprint density at radius 1 is 1.29 bits per heavy atom. The molecule has 1 saturated heterocycles. The molecule has 0 amide bonds. The number of benzene rings is 2. The van der Waals surface area contributed by atoms with Gasteiger partial charge in [-0.1, -0.05) is 53.7 Å². The summed E-state index contributed by atoms with van der Waals surface area (Å²) in [5, 5.41) is 14.2. The molecule has 1 aromatic heterocycles. The van der Waals surface area contributed by atoms with Gasteiger partial charge in [0.2, 0.25) is 0 Å². The fourth-order valence-corrected chi connectivity index (χ4v) is 4.03. The van der Waals surface area contributed by atoms with Crippen molar-refractivity contribution in [3.63, 3.8) is 0 Å². The van der Waals surface area contributed by atoms with Crippen LogP contribution in [0, 0.1) is 5.82 Å². The number of ether oxygens (including phenoxy) is 1. The number of rotatable bonds is 7. The van der Waals surface area contributed by atoms with E-state index in [1.54, 1.807) is 22.9 Å². The molecule has 0 radical (unpaired) electrons. The van der Waals surface area contributed by atoms with Crippen molar-refractivity contribution in [2.75, 3.05) is 5.75 Å². The first-order chi connectivity index (χ1) is 13.5. The standard InChI is InChI=1S/C19H15ClFN3O3S/c20-15-4-2-1-3-14(15)17-19(27-17,12-5-7-13(21)8-6-12)10-24-18(22-11-23-24)28-9-16(25)26/h1-8,11,17H,9-10H2,(H,25,26). The maximum Gasteiger partial charge on any atom is 0.313 e. The Bertz CT molecular complexity index is 1010. The molecule has 0 spiro atoms. The van der Waals surface area contributed by atoms with Gasteiger partial charge in [-0.05, 0) is 23.8 Å². The van der Waals surface area contributed by atoms with Crippen LogP contribution in [0.25, 0.3) is 0 Å². The van der Waals surface area contributed by atoms with Crippen molar-refractivity contribution in [3.05, 3.63) is 76.8 Å². The molecule has 3 aromatic rings. The molecule has 2 unspecified atom stereocenters. The monoisotopic (exact) mass is 419 g/mol. The number of nitrogens with zero attached hydrogens (tertiary/aromatic N) is 3. The van der Waals surface area contributed by atoms with Crippen molar-refractivity contribution in [3.8, 4) is 0 Å². The number of carboxylic acid groups (broad SMARTS) is 1. The fraction of sp³-hybridized carbons (Fsp3) is 0.211. The second kappa shape index (κ2) is 7.54. The lowest BCUT2D eigenvalue weighted by Crippen LogP contribution is -2.21. The third-order valence-electron chi connectivity index (χ3n) is 4.50. The fourth-order valence-electron chi connectivity index (χ4n) is 3.16. The summed E-state index contributed by atoms with van der Waals surface area (Å²) < 4.78 is 21.2. The quantitative estimate of drug-likeness (QED) is 0.462. The van der Waals surface area contributed by atoms with Crippen molar-refractivity contribution in [2.45, 2.75) is 23.4 Å².